The minimum absolute atomic E-state index is 0.0113. The van der Waals surface area contributed by atoms with Crippen LogP contribution in [0, 0.1) is 6.92 Å². The Bertz CT molecular complexity index is 1120. The van der Waals surface area contributed by atoms with Gasteiger partial charge in [0.05, 0.1) is 17.8 Å². The maximum atomic E-state index is 13.1. The number of hydrogen-bond donors (Lipinski definition) is 1. The van der Waals surface area contributed by atoms with Gasteiger partial charge in [-0.2, -0.15) is 0 Å². The van der Waals surface area contributed by atoms with Crippen LogP contribution in [0.4, 0.5) is 0 Å². The van der Waals surface area contributed by atoms with Crippen LogP contribution in [0.15, 0.2) is 43.0 Å². The molecule has 166 valence electrons. The third kappa shape index (κ3) is 4.03. The van der Waals surface area contributed by atoms with Gasteiger partial charge in [-0.25, -0.2) is 15.0 Å². The lowest BCUT2D eigenvalue weighted by molar-refractivity contribution is -0.126. The molecule has 9 nitrogen and oxygen atoms in total. The summed E-state index contributed by atoms with van der Waals surface area (Å²) in [6.07, 6.45) is 7.02. The van der Waals surface area contributed by atoms with Crippen LogP contribution in [0.1, 0.15) is 42.8 Å². The van der Waals surface area contributed by atoms with Gasteiger partial charge >= 0.3 is 0 Å². The number of nitrogens with zero attached hydrogens (tertiary/aromatic N) is 5. The molecule has 1 saturated heterocycles. The monoisotopic (exact) mass is 434 g/mol. The Balaban J connectivity index is 1.28. The fourth-order valence-electron chi connectivity index (χ4n) is 4.35. The minimum atomic E-state index is -0.189. The summed E-state index contributed by atoms with van der Waals surface area (Å²) in [6.45, 7) is 5.60. The van der Waals surface area contributed by atoms with E-state index in [1.807, 2.05) is 37.4 Å². The maximum absolute atomic E-state index is 13.1. The summed E-state index contributed by atoms with van der Waals surface area (Å²) in [6, 6.07) is 7.53. The van der Waals surface area contributed by atoms with Crippen LogP contribution in [-0.2, 0) is 11.3 Å². The van der Waals surface area contributed by atoms with E-state index in [0.29, 0.717) is 12.5 Å². The highest BCUT2D eigenvalue weighted by molar-refractivity contribution is 5.82. The highest BCUT2D eigenvalue weighted by atomic mass is 16.7. The van der Waals surface area contributed by atoms with Crippen LogP contribution in [0.3, 0.4) is 0 Å². The van der Waals surface area contributed by atoms with Crippen molar-refractivity contribution in [2.45, 2.75) is 45.3 Å². The maximum Gasteiger partial charge on any atom is 0.237 e. The molecule has 1 fully saturated rings. The number of imidazole rings is 1. The lowest BCUT2D eigenvalue weighted by Gasteiger charge is -2.29. The van der Waals surface area contributed by atoms with E-state index in [4.69, 9.17) is 14.5 Å². The SMILES string of the molecule is Cc1cc(C(C)N2CCC[C@@H]2C(=O)NCc2ccc3c(c2)OCO3)nc(-n2ccnc2)n1. The van der Waals surface area contributed by atoms with Crippen LogP contribution in [0.2, 0.25) is 0 Å². The molecule has 4 heterocycles. The average Bonchev–Trinajstić information content (AvgIpc) is 3.57. The Morgan fingerprint density at radius 2 is 2.12 bits per heavy atom. The summed E-state index contributed by atoms with van der Waals surface area (Å²) in [5, 5.41) is 3.09. The normalized spacial score (nSPS) is 18.6. The molecule has 0 spiro atoms. The van der Waals surface area contributed by atoms with Crippen LogP contribution < -0.4 is 14.8 Å². The molecule has 2 aromatic heterocycles. The van der Waals surface area contributed by atoms with Crippen LogP contribution in [0.25, 0.3) is 5.95 Å². The number of aromatic nitrogens is 4. The van der Waals surface area contributed by atoms with E-state index in [1.54, 1.807) is 17.1 Å². The molecule has 2 atom stereocenters. The summed E-state index contributed by atoms with van der Waals surface area (Å²) in [4.78, 5) is 28.7. The van der Waals surface area contributed by atoms with E-state index < -0.39 is 0 Å². The molecule has 0 radical (unpaired) electrons. The molecule has 1 N–H and O–H groups in total. The minimum Gasteiger partial charge on any atom is -0.454 e. The van der Waals surface area contributed by atoms with E-state index in [9.17, 15) is 4.79 Å². The van der Waals surface area contributed by atoms with Crippen molar-refractivity contribution in [3.05, 3.63) is 59.9 Å². The number of amides is 1. The number of carbonyl (C=O) groups is 1. The zero-order chi connectivity index (χ0) is 22.1. The van der Waals surface area contributed by atoms with E-state index in [-0.39, 0.29) is 24.8 Å². The van der Waals surface area contributed by atoms with Crippen LogP contribution >= 0.6 is 0 Å². The summed E-state index contributed by atoms with van der Waals surface area (Å²) in [7, 11) is 0. The number of aryl methyl sites for hydroxylation is 1. The van der Waals surface area contributed by atoms with E-state index >= 15 is 0 Å². The number of carbonyl (C=O) groups excluding carboxylic acids is 1. The Hall–Kier alpha value is -3.46. The average molecular weight is 435 g/mol. The molecule has 0 aliphatic carbocycles. The summed E-state index contributed by atoms with van der Waals surface area (Å²) in [5.41, 5.74) is 2.77. The molecule has 2 aliphatic heterocycles. The molecule has 0 saturated carbocycles. The van der Waals surface area contributed by atoms with Gasteiger partial charge in [0.1, 0.15) is 6.33 Å². The van der Waals surface area contributed by atoms with Crippen molar-refractivity contribution in [1.29, 1.82) is 0 Å². The van der Waals surface area contributed by atoms with Crippen molar-refractivity contribution in [3.8, 4) is 17.4 Å². The lowest BCUT2D eigenvalue weighted by Crippen LogP contribution is -2.44. The van der Waals surface area contributed by atoms with Gasteiger partial charge in [-0.3, -0.25) is 14.3 Å². The number of likely N-dealkylation sites (tertiary alicyclic amines) is 1. The molecular weight excluding hydrogens is 408 g/mol. The molecule has 3 aromatic rings. The largest absolute Gasteiger partial charge is 0.454 e. The van der Waals surface area contributed by atoms with Crippen molar-refractivity contribution in [3.63, 3.8) is 0 Å². The smallest absolute Gasteiger partial charge is 0.237 e. The van der Waals surface area contributed by atoms with Crippen LogP contribution in [0.5, 0.6) is 11.5 Å². The third-order valence-corrected chi connectivity index (χ3v) is 6.02. The second-order valence-corrected chi connectivity index (χ2v) is 8.18. The molecule has 1 unspecified atom stereocenters. The molecule has 32 heavy (non-hydrogen) atoms. The van der Waals surface area contributed by atoms with Crippen LogP contribution in [-0.4, -0.2) is 49.7 Å². The Kier molecular flexibility index (Phi) is 5.48. The van der Waals surface area contributed by atoms with Gasteiger partial charge in [0.15, 0.2) is 11.5 Å². The molecular formula is C23H26N6O3. The summed E-state index contributed by atoms with van der Waals surface area (Å²) < 4.78 is 12.6. The van der Waals surface area contributed by atoms with E-state index in [1.165, 1.54) is 0 Å². The molecule has 9 heteroatoms. The number of rotatable bonds is 6. The zero-order valence-corrected chi connectivity index (χ0v) is 18.2. The van der Waals surface area contributed by atoms with Crippen molar-refractivity contribution < 1.29 is 14.3 Å². The van der Waals surface area contributed by atoms with Gasteiger partial charge < -0.3 is 14.8 Å². The summed E-state index contributed by atoms with van der Waals surface area (Å²) >= 11 is 0. The first kappa shape index (κ1) is 20.4. The van der Waals surface area contributed by atoms with Gasteiger partial charge in [-0.1, -0.05) is 6.07 Å². The predicted octanol–water partition coefficient (Wildman–Crippen LogP) is 2.54. The lowest BCUT2D eigenvalue weighted by atomic mass is 10.1. The fraction of sp³-hybridized carbons (Fsp3) is 0.391. The molecule has 1 amide bonds. The first-order chi connectivity index (χ1) is 15.6. The first-order valence-corrected chi connectivity index (χ1v) is 10.8. The summed E-state index contributed by atoms with van der Waals surface area (Å²) in [5.74, 6) is 2.09. The van der Waals surface area contributed by atoms with E-state index in [2.05, 4.69) is 27.1 Å². The Morgan fingerprint density at radius 3 is 2.97 bits per heavy atom. The van der Waals surface area contributed by atoms with Gasteiger partial charge in [-0.15, -0.1) is 0 Å². The first-order valence-electron chi connectivity index (χ1n) is 10.8. The number of hydrogen-bond acceptors (Lipinski definition) is 7. The molecule has 5 rings (SSSR count). The quantitative estimate of drug-likeness (QED) is 0.637. The topological polar surface area (TPSA) is 94.4 Å². The Labute approximate surface area is 186 Å². The second-order valence-electron chi connectivity index (χ2n) is 8.18. The molecule has 0 bridgehead atoms. The third-order valence-electron chi connectivity index (χ3n) is 6.02. The standard InChI is InChI=1S/C23H26N6O3/c1-15-10-18(27-23(26-15)28-9-7-24-13-28)16(2)29-8-3-4-19(29)22(30)25-12-17-5-6-20-21(11-17)32-14-31-20/h5-7,9-11,13,16,19H,3-4,8,12,14H2,1-2H3,(H,25,30)/t16?,19-/m1/s1. The van der Waals surface area contributed by atoms with Gasteiger partial charge in [0.2, 0.25) is 18.6 Å². The van der Waals surface area contributed by atoms with Crippen molar-refractivity contribution in [2.75, 3.05) is 13.3 Å². The number of nitrogens with one attached hydrogen (secondary N) is 1. The van der Waals surface area contributed by atoms with Gasteiger partial charge in [-0.05, 0) is 57.0 Å². The Morgan fingerprint density at radius 1 is 1.25 bits per heavy atom. The van der Waals surface area contributed by atoms with Gasteiger partial charge in [0.25, 0.3) is 0 Å². The molecule has 1 aromatic carbocycles. The van der Waals surface area contributed by atoms with Crippen molar-refractivity contribution in [2.24, 2.45) is 0 Å². The molecule has 2 aliphatic rings. The number of fused-ring (bicyclic) bond motifs is 1. The van der Waals surface area contributed by atoms with Crippen molar-refractivity contribution >= 4 is 5.91 Å². The van der Waals surface area contributed by atoms with Gasteiger partial charge in [0, 0.05) is 24.6 Å². The fourth-order valence-corrected chi connectivity index (χ4v) is 4.35. The highest BCUT2D eigenvalue weighted by Crippen LogP contribution is 2.33. The highest BCUT2D eigenvalue weighted by Gasteiger charge is 2.35. The second kappa shape index (κ2) is 8.58. The van der Waals surface area contributed by atoms with Crippen molar-refractivity contribution in [1.82, 2.24) is 29.7 Å². The van der Waals surface area contributed by atoms with E-state index in [0.717, 1.165) is 47.8 Å². The zero-order valence-electron chi connectivity index (χ0n) is 18.2. The number of ether oxygens (including phenoxy) is 2. The predicted molar refractivity (Wildman–Crippen MR) is 116 cm³/mol. The number of benzene rings is 1.